The van der Waals surface area contributed by atoms with Crippen LogP contribution in [0.15, 0.2) is 47.4 Å². The number of carbonyl (C=O) groups excluding carboxylic acids is 2. The SMILES string of the molecule is CS(=O)c1ccc(NC(=O)C2CC(=O)Nc3cc(F)ccc32)cc1. The van der Waals surface area contributed by atoms with Crippen LogP contribution in [-0.2, 0) is 20.4 Å². The van der Waals surface area contributed by atoms with E-state index in [-0.39, 0.29) is 18.2 Å². The summed E-state index contributed by atoms with van der Waals surface area (Å²) in [4.78, 5) is 25.0. The van der Waals surface area contributed by atoms with Crippen LogP contribution in [0.3, 0.4) is 0 Å². The van der Waals surface area contributed by atoms with Crippen LogP contribution in [0.1, 0.15) is 17.9 Å². The van der Waals surface area contributed by atoms with Crippen LogP contribution >= 0.6 is 0 Å². The van der Waals surface area contributed by atoms with Gasteiger partial charge < -0.3 is 10.6 Å². The van der Waals surface area contributed by atoms with Crippen molar-refractivity contribution in [2.75, 3.05) is 16.9 Å². The Morgan fingerprint density at radius 1 is 1.25 bits per heavy atom. The van der Waals surface area contributed by atoms with Gasteiger partial charge in [-0.1, -0.05) is 6.07 Å². The highest BCUT2D eigenvalue weighted by Crippen LogP contribution is 2.33. The minimum absolute atomic E-state index is 0.00151. The fraction of sp³-hybridized carbons (Fsp3) is 0.176. The molecule has 1 aliphatic rings. The molecule has 0 spiro atoms. The lowest BCUT2D eigenvalue weighted by molar-refractivity contribution is -0.123. The molecule has 1 heterocycles. The zero-order chi connectivity index (χ0) is 17.3. The second kappa shape index (κ2) is 6.52. The second-order valence-electron chi connectivity index (χ2n) is 5.50. The number of nitrogens with one attached hydrogen (secondary N) is 2. The Balaban J connectivity index is 1.82. The van der Waals surface area contributed by atoms with E-state index in [4.69, 9.17) is 0 Å². The largest absolute Gasteiger partial charge is 0.326 e. The van der Waals surface area contributed by atoms with Gasteiger partial charge in [0, 0.05) is 39.7 Å². The maximum Gasteiger partial charge on any atom is 0.232 e. The van der Waals surface area contributed by atoms with Gasteiger partial charge in [0.15, 0.2) is 0 Å². The molecule has 2 aromatic rings. The molecular weight excluding hydrogens is 331 g/mol. The van der Waals surface area contributed by atoms with E-state index in [1.807, 2.05) is 0 Å². The van der Waals surface area contributed by atoms with Crippen LogP contribution in [-0.4, -0.2) is 22.3 Å². The molecule has 124 valence electrons. The highest BCUT2D eigenvalue weighted by atomic mass is 32.2. The zero-order valence-electron chi connectivity index (χ0n) is 12.8. The van der Waals surface area contributed by atoms with Gasteiger partial charge in [-0.15, -0.1) is 0 Å². The average molecular weight is 346 g/mol. The molecule has 0 radical (unpaired) electrons. The van der Waals surface area contributed by atoms with Gasteiger partial charge in [0.1, 0.15) is 5.82 Å². The van der Waals surface area contributed by atoms with Crippen LogP contribution in [0.25, 0.3) is 0 Å². The lowest BCUT2D eigenvalue weighted by Gasteiger charge is -2.24. The van der Waals surface area contributed by atoms with Crippen LogP contribution in [0.2, 0.25) is 0 Å². The van der Waals surface area contributed by atoms with E-state index >= 15 is 0 Å². The molecular formula is C17H15FN2O3S. The molecule has 0 saturated heterocycles. The summed E-state index contributed by atoms with van der Waals surface area (Å²) in [6.45, 7) is 0. The Morgan fingerprint density at radius 3 is 2.62 bits per heavy atom. The summed E-state index contributed by atoms with van der Waals surface area (Å²) in [5.74, 6) is -1.83. The zero-order valence-corrected chi connectivity index (χ0v) is 13.7. The van der Waals surface area contributed by atoms with Gasteiger partial charge in [-0.2, -0.15) is 0 Å². The quantitative estimate of drug-likeness (QED) is 0.897. The molecule has 2 aromatic carbocycles. The Hall–Kier alpha value is -2.54. The van der Waals surface area contributed by atoms with Crippen molar-refractivity contribution in [2.24, 2.45) is 0 Å². The van der Waals surface area contributed by atoms with Crippen molar-refractivity contribution in [3.63, 3.8) is 0 Å². The molecule has 3 rings (SSSR count). The van der Waals surface area contributed by atoms with E-state index in [0.29, 0.717) is 21.8 Å². The standard InChI is InChI=1S/C17H15FN2O3S/c1-24(23)12-5-3-11(4-6-12)19-17(22)14-9-16(21)20-15-8-10(18)2-7-13(14)15/h2-8,14H,9H2,1H3,(H,19,22)(H,20,21). The smallest absolute Gasteiger partial charge is 0.232 e. The van der Waals surface area contributed by atoms with E-state index in [2.05, 4.69) is 10.6 Å². The molecule has 0 bridgehead atoms. The third-order valence-corrected chi connectivity index (χ3v) is 4.76. The predicted molar refractivity (Wildman–Crippen MR) is 89.8 cm³/mol. The third-order valence-electron chi connectivity index (χ3n) is 3.82. The number of anilines is 2. The number of fused-ring (bicyclic) bond motifs is 1. The summed E-state index contributed by atoms with van der Waals surface area (Å²) in [5.41, 5.74) is 1.45. The van der Waals surface area contributed by atoms with Crippen LogP contribution < -0.4 is 10.6 Å². The first-order valence-electron chi connectivity index (χ1n) is 7.27. The molecule has 24 heavy (non-hydrogen) atoms. The molecule has 0 saturated carbocycles. The number of hydrogen-bond donors (Lipinski definition) is 2. The van der Waals surface area contributed by atoms with E-state index in [9.17, 15) is 18.2 Å². The Bertz CT molecular complexity index is 836. The van der Waals surface area contributed by atoms with Gasteiger partial charge >= 0.3 is 0 Å². The molecule has 5 nitrogen and oxygen atoms in total. The molecule has 2 amide bonds. The summed E-state index contributed by atoms with van der Waals surface area (Å²) >= 11 is 0. The Labute approximate surface area is 140 Å². The van der Waals surface area contributed by atoms with Gasteiger partial charge in [-0.25, -0.2) is 4.39 Å². The van der Waals surface area contributed by atoms with Crippen molar-refractivity contribution in [1.82, 2.24) is 0 Å². The Morgan fingerprint density at radius 2 is 1.96 bits per heavy atom. The molecule has 0 aliphatic carbocycles. The molecule has 7 heteroatoms. The summed E-state index contributed by atoms with van der Waals surface area (Å²) in [6, 6.07) is 10.6. The lowest BCUT2D eigenvalue weighted by Crippen LogP contribution is -2.30. The number of hydrogen-bond acceptors (Lipinski definition) is 3. The van der Waals surface area contributed by atoms with Crippen molar-refractivity contribution in [2.45, 2.75) is 17.2 Å². The summed E-state index contributed by atoms with van der Waals surface area (Å²) < 4.78 is 24.7. The molecule has 0 fully saturated rings. The van der Waals surface area contributed by atoms with Gasteiger partial charge in [-0.3, -0.25) is 13.8 Å². The number of amides is 2. The first kappa shape index (κ1) is 16.3. The van der Waals surface area contributed by atoms with Crippen molar-refractivity contribution >= 4 is 34.0 Å². The minimum atomic E-state index is -1.09. The predicted octanol–water partition coefficient (Wildman–Crippen LogP) is 2.63. The number of rotatable bonds is 3. The summed E-state index contributed by atoms with van der Waals surface area (Å²) in [5, 5.41) is 5.32. The van der Waals surface area contributed by atoms with Crippen LogP contribution in [0, 0.1) is 5.82 Å². The second-order valence-corrected chi connectivity index (χ2v) is 6.88. The molecule has 2 N–H and O–H groups in total. The monoisotopic (exact) mass is 346 g/mol. The number of halogens is 1. The molecule has 0 aromatic heterocycles. The van der Waals surface area contributed by atoms with Crippen molar-refractivity contribution < 1.29 is 18.2 Å². The van der Waals surface area contributed by atoms with Crippen molar-refractivity contribution in [3.05, 3.63) is 53.8 Å². The van der Waals surface area contributed by atoms with E-state index in [1.54, 1.807) is 30.5 Å². The normalized spacial score (nSPS) is 17.6. The van der Waals surface area contributed by atoms with E-state index in [1.165, 1.54) is 18.2 Å². The first-order chi connectivity index (χ1) is 11.4. The molecule has 2 unspecified atom stereocenters. The van der Waals surface area contributed by atoms with Crippen molar-refractivity contribution in [3.8, 4) is 0 Å². The first-order valence-corrected chi connectivity index (χ1v) is 8.83. The molecule has 1 aliphatic heterocycles. The maximum atomic E-state index is 13.3. The summed E-state index contributed by atoms with van der Waals surface area (Å²) in [6.07, 6.45) is 1.58. The maximum absolute atomic E-state index is 13.3. The third kappa shape index (κ3) is 3.35. The van der Waals surface area contributed by atoms with E-state index < -0.39 is 22.5 Å². The summed E-state index contributed by atoms with van der Waals surface area (Å²) in [7, 11) is -1.09. The van der Waals surface area contributed by atoms with Gasteiger partial charge in [0.05, 0.1) is 5.92 Å². The lowest BCUT2D eigenvalue weighted by atomic mass is 9.89. The fourth-order valence-electron chi connectivity index (χ4n) is 2.63. The highest BCUT2D eigenvalue weighted by molar-refractivity contribution is 7.84. The van der Waals surface area contributed by atoms with Gasteiger partial charge in [-0.05, 0) is 42.0 Å². The average Bonchev–Trinajstić information content (AvgIpc) is 2.54. The van der Waals surface area contributed by atoms with Gasteiger partial charge in [0.2, 0.25) is 11.8 Å². The van der Waals surface area contributed by atoms with Crippen LogP contribution in [0.5, 0.6) is 0 Å². The minimum Gasteiger partial charge on any atom is -0.326 e. The highest BCUT2D eigenvalue weighted by Gasteiger charge is 2.31. The van der Waals surface area contributed by atoms with Gasteiger partial charge in [0.25, 0.3) is 0 Å². The van der Waals surface area contributed by atoms with Crippen molar-refractivity contribution in [1.29, 1.82) is 0 Å². The topological polar surface area (TPSA) is 75.3 Å². The fourth-order valence-corrected chi connectivity index (χ4v) is 3.15. The number of benzene rings is 2. The van der Waals surface area contributed by atoms with E-state index in [0.717, 1.165) is 0 Å². The molecule has 2 atom stereocenters. The number of carbonyl (C=O) groups is 2. The van der Waals surface area contributed by atoms with Crippen LogP contribution in [0.4, 0.5) is 15.8 Å². The Kier molecular flexibility index (Phi) is 4.44.